The molecule has 1 atom stereocenters. The monoisotopic (exact) mass is 405 g/mol. The molecule has 4 N–H and O–H groups in total. The second-order valence-electron chi connectivity index (χ2n) is 7.01. The smallest absolute Gasteiger partial charge is 0.251 e. The number of carbonyl (C=O) groups is 1. The summed E-state index contributed by atoms with van der Waals surface area (Å²) in [6, 6.07) is 15.4. The first kappa shape index (κ1) is 21.3. The van der Waals surface area contributed by atoms with Crippen LogP contribution in [0.3, 0.4) is 0 Å². The molecule has 1 amide bonds. The summed E-state index contributed by atoms with van der Waals surface area (Å²) >= 11 is 0. The molecule has 2 aromatic carbocycles. The number of anilines is 1. The molecular formula is C23H27N5O2. The molecule has 0 saturated heterocycles. The number of benzene rings is 2. The normalized spacial score (nSPS) is 11.6. The van der Waals surface area contributed by atoms with Gasteiger partial charge in [0.25, 0.3) is 5.91 Å². The first-order chi connectivity index (χ1) is 14.5. The van der Waals surface area contributed by atoms with Gasteiger partial charge in [0.15, 0.2) is 0 Å². The molecule has 0 bridgehead atoms. The van der Waals surface area contributed by atoms with Crippen molar-refractivity contribution in [3.05, 3.63) is 71.5 Å². The van der Waals surface area contributed by atoms with Crippen LogP contribution in [0.2, 0.25) is 0 Å². The molecular weight excluding hydrogens is 378 g/mol. The fourth-order valence-electron chi connectivity index (χ4n) is 3.19. The Morgan fingerprint density at radius 3 is 2.57 bits per heavy atom. The Morgan fingerprint density at radius 2 is 1.90 bits per heavy atom. The lowest BCUT2D eigenvalue weighted by atomic mass is 9.98. The molecule has 3 aromatic rings. The predicted molar refractivity (Wildman–Crippen MR) is 119 cm³/mol. The Labute approximate surface area is 176 Å². The Bertz CT molecular complexity index is 1000. The predicted octanol–water partition coefficient (Wildman–Crippen LogP) is 3.19. The van der Waals surface area contributed by atoms with Gasteiger partial charge in [-0.2, -0.15) is 0 Å². The molecule has 1 aromatic heterocycles. The van der Waals surface area contributed by atoms with Gasteiger partial charge in [-0.1, -0.05) is 37.3 Å². The third-order valence-corrected chi connectivity index (χ3v) is 5.00. The van der Waals surface area contributed by atoms with Gasteiger partial charge in [0.05, 0.1) is 12.8 Å². The molecule has 156 valence electrons. The average molecular weight is 406 g/mol. The zero-order valence-electron chi connectivity index (χ0n) is 17.5. The highest BCUT2D eigenvalue weighted by atomic mass is 16.5. The summed E-state index contributed by atoms with van der Waals surface area (Å²) in [6.07, 6.45) is 1.55. The summed E-state index contributed by atoms with van der Waals surface area (Å²) in [5.41, 5.74) is 10.2. The first-order valence-electron chi connectivity index (χ1n) is 9.81. The lowest BCUT2D eigenvalue weighted by Gasteiger charge is -2.17. The van der Waals surface area contributed by atoms with Crippen molar-refractivity contribution in [1.82, 2.24) is 15.3 Å². The van der Waals surface area contributed by atoms with Crippen LogP contribution in [0.25, 0.3) is 11.3 Å². The van der Waals surface area contributed by atoms with Gasteiger partial charge in [-0.15, -0.1) is 0 Å². The first-order valence-corrected chi connectivity index (χ1v) is 9.81. The second-order valence-corrected chi connectivity index (χ2v) is 7.01. The fourth-order valence-corrected chi connectivity index (χ4v) is 3.19. The van der Waals surface area contributed by atoms with E-state index in [0.717, 1.165) is 28.2 Å². The third kappa shape index (κ3) is 4.93. The van der Waals surface area contributed by atoms with Gasteiger partial charge in [-0.25, -0.2) is 9.97 Å². The minimum absolute atomic E-state index is 0.140. The number of carbonyl (C=O) groups excluding carboxylic acids is 1. The molecule has 0 saturated carbocycles. The van der Waals surface area contributed by atoms with E-state index in [2.05, 4.69) is 27.5 Å². The molecule has 0 aliphatic heterocycles. The van der Waals surface area contributed by atoms with Crippen molar-refractivity contribution in [3.63, 3.8) is 0 Å². The number of aromatic nitrogens is 2. The zero-order valence-corrected chi connectivity index (χ0v) is 17.5. The van der Waals surface area contributed by atoms with Gasteiger partial charge in [0.2, 0.25) is 0 Å². The number of amides is 1. The van der Waals surface area contributed by atoms with Crippen molar-refractivity contribution in [1.29, 1.82) is 0 Å². The van der Waals surface area contributed by atoms with E-state index in [1.54, 1.807) is 32.6 Å². The lowest BCUT2D eigenvalue weighted by molar-refractivity contribution is 0.0962. The van der Waals surface area contributed by atoms with Crippen LogP contribution in [0.15, 0.2) is 54.9 Å². The van der Waals surface area contributed by atoms with Crippen LogP contribution < -0.4 is 21.1 Å². The van der Waals surface area contributed by atoms with Crippen LogP contribution in [0.1, 0.15) is 34.3 Å². The topological polar surface area (TPSA) is 102 Å². The van der Waals surface area contributed by atoms with Crippen LogP contribution in [-0.4, -0.2) is 36.6 Å². The molecule has 7 nitrogen and oxygen atoms in total. The van der Waals surface area contributed by atoms with E-state index in [-0.39, 0.29) is 11.8 Å². The standard InChI is InChI=1S/C23H27N5O2/c1-15(19-9-8-18(23(29)25-2)10-21(19)30-3)13-26-22-11-20(27-14-28-22)17-6-4-16(12-24)5-7-17/h4-11,14-15H,12-13,24H2,1-3H3,(H,25,29)(H,26,27,28)/t15-/m1/s1. The summed E-state index contributed by atoms with van der Waals surface area (Å²) in [5, 5.41) is 6.00. The van der Waals surface area contributed by atoms with E-state index < -0.39 is 0 Å². The van der Waals surface area contributed by atoms with Crippen LogP contribution in [0.4, 0.5) is 5.82 Å². The number of hydrogen-bond donors (Lipinski definition) is 3. The summed E-state index contributed by atoms with van der Waals surface area (Å²) in [7, 11) is 3.22. The maximum atomic E-state index is 11.9. The van der Waals surface area contributed by atoms with E-state index in [1.807, 2.05) is 36.4 Å². The Hall–Kier alpha value is -3.45. The summed E-state index contributed by atoms with van der Waals surface area (Å²) < 4.78 is 5.51. The zero-order chi connectivity index (χ0) is 21.5. The van der Waals surface area contributed by atoms with Crippen molar-refractivity contribution in [2.24, 2.45) is 5.73 Å². The van der Waals surface area contributed by atoms with Crippen LogP contribution >= 0.6 is 0 Å². The minimum Gasteiger partial charge on any atom is -0.496 e. The number of ether oxygens (including phenoxy) is 1. The number of hydrogen-bond acceptors (Lipinski definition) is 6. The highest BCUT2D eigenvalue weighted by Gasteiger charge is 2.15. The van der Waals surface area contributed by atoms with Gasteiger partial charge < -0.3 is 21.1 Å². The highest BCUT2D eigenvalue weighted by molar-refractivity contribution is 5.94. The van der Waals surface area contributed by atoms with E-state index >= 15 is 0 Å². The Kier molecular flexibility index (Phi) is 6.98. The summed E-state index contributed by atoms with van der Waals surface area (Å²) in [4.78, 5) is 20.6. The maximum absolute atomic E-state index is 11.9. The van der Waals surface area contributed by atoms with Crippen molar-refractivity contribution in [3.8, 4) is 17.0 Å². The second kappa shape index (κ2) is 9.84. The van der Waals surface area contributed by atoms with Crippen LogP contribution in [-0.2, 0) is 6.54 Å². The number of nitrogens with two attached hydrogens (primary N) is 1. The molecule has 1 heterocycles. The molecule has 0 aliphatic carbocycles. The third-order valence-electron chi connectivity index (χ3n) is 5.00. The SMILES string of the molecule is CNC(=O)c1ccc([C@H](C)CNc2cc(-c3ccc(CN)cc3)ncn2)c(OC)c1. The minimum atomic E-state index is -0.140. The molecule has 0 fully saturated rings. The Morgan fingerprint density at radius 1 is 1.13 bits per heavy atom. The largest absolute Gasteiger partial charge is 0.496 e. The number of methoxy groups -OCH3 is 1. The quantitative estimate of drug-likeness (QED) is 0.532. The van der Waals surface area contributed by atoms with E-state index in [1.165, 1.54) is 0 Å². The van der Waals surface area contributed by atoms with Crippen LogP contribution in [0.5, 0.6) is 5.75 Å². The number of nitrogens with one attached hydrogen (secondary N) is 2. The molecule has 30 heavy (non-hydrogen) atoms. The summed E-state index contributed by atoms with van der Waals surface area (Å²) in [5.74, 6) is 1.43. The lowest BCUT2D eigenvalue weighted by Crippen LogP contribution is -2.18. The highest BCUT2D eigenvalue weighted by Crippen LogP contribution is 2.28. The van der Waals surface area contributed by atoms with E-state index in [0.29, 0.717) is 24.4 Å². The van der Waals surface area contributed by atoms with Gasteiger partial charge in [-0.05, 0) is 23.3 Å². The van der Waals surface area contributed by atoms with Crippen molar-refractivity contribution in [2.75, 3.05) is 26.0 Å². The van der Waals surface area contributed by atoms with Crippen molar-refractivity contribution < 1.29 is 9.53 Å². The van der Waals surface area contributed by atoms with Gasteiger partial charge in [0, 0.05) is 43.2 Å². The average Bonchev–Trinajstić information content (AvgIpc) is 2.81. The molecule has 0 aliphatic rings. The maximum Gasteiger partial charge on any atom is 0.251 e. The van der Waals surface area contributed by atoms with E-state index in [9.17, 15) is 4.79 Å². The van der Waals surface area contributed by atoms with E-state index in [4.69, 9.17) is 10.5 Å². The molecule has 3 rings (SSSR count). The van der Waals surface area contributed by atoms with Crippen molar-refractivity contribution >= 4 is 11.7 Å². The molecule has 0 spiro atoms. The molecule has 7 heteroatoms. The van der Waals surface area contributed by atoms with Crippen molar-refractivity contribution in [2.45, 2.75) is 19.4 Å². The van der Waals surface area contributed by atoms with Gasteiger partial charge in [0.1, 0.15) is 17.9 Å². The van der Waals surface area contributed by atoms with Gasteiger partial charge >= 0.3 is 0 Å². The fraction of sp³-hybridized carbons (Fsp3) is 0.261. The molecule has 0 radical (unpaired) electrons. The Balaban J connectivity index is 1.71. The van der Waals surface area contributed by atoms with Gasteiger partial charge in [-0.3, -0.25) is 4.79 Å². The van der Waals surface area contributed by atoms with Crippen LogP contribution in [0, 0.1) is 0 Å². The number of rotatable bonds is 8. The summed E-state index contributed by atoms with van der Waals surface area (Å²) in [6.45, 7) is 3.26. The molecule has 0 unspecified atom stereocenters. The number of nitrogens with zero attached hydrogens (tertiary/aromatic N) is 2.